The van der Waals surface area contributed by atoms with Crippen molar-refractivity contribution in [3.05, 3.63) is 46.7 Å². The van der Waals surface area contributed by atoms with Gasteiger partial charge < -0.3 is 20.5 Å². The summed E-state index contributed by atoms with van der Waals surface area (Å²) >= 11 is 5.95. The Bertz CT molecular complexity index is 970. The summed E-state index contributed by atoms with van der Waals surface area (Å²) in [6, 6.07) is 5.59. The third-order valence-electron chi connectivity index (χ3n) is 4.57. The fourth-order valence-corrected chi connectivity index (χ4v) is 3.04. The molecule has 1 aromatic heterocycles. The number of hydrogen-bond acceptors (Lipinski definition) is 5. The van der Waals surface area contributed by atoms with Gasteiger partial charge in [-0.2, -0.15) is 13.2 Å². The van der Waals surface area contributed by atoms with E-state index in [4.69, 9.17) is 21.4 Å². The predicted molar refractivity (Wildman–Crippen MR) is 114 cm³/mol. The van der Waals surface area contributed by atoms with Crippen LogP contribution in [0.5, 0.6) is 5.75 Å². The monoisotopic (exact) mass is 473 g/mol. The number of benzene rings is 1. The summed E-state index contributed by atoms with van der Waals surface area (Å²) in [7, 11) is 0. The first kappa shape index (κ1) is 25.3. The number of carbonyl (C=O) groups is 2. The number of alkyl halides is 3. The summed E-state index contributed by atoms with van der Waals surface area (Å²) in [6.07, 6.45) is -3.05. The second kappa shape index (κ2) is 11.0. The van der Waals surface area contributed by atoms with Crippen LogP contribution in [0.4, 0.5) is 24.5 Å². The molecule has 2 rings (SSSR count). The van der Waals surface area contributed by atoms with Crippen molar-refractivity contribution in [2.24, 2.45) is 5.92 Å². The molecule has 1 aromatic carbocycles. The molecule has 0 aliphatic rings. The average molecular weight is 474 g/mol. The number of pyridine rings is 1. The molecule has 0 fully saturated rings. The molecule has 1 amide bonds. The molecule has 0 saturated carbocycles. The Hall–Kier alpha value is -3.01. The molecule has 7 nitrogen and oxygen atoms in total. The largest absolute Gasteiger partial charge is 0.493 e. The maximum absolute atomic E-state index is 12.8. The van der Waals surface area contributed by atoms with Crippen LogP contribution in [0.3, 0.4) is 0 Å². The number of aliphatic carboxylic acids is 1. The Kier molecular flexibility index (Phi) is 8.71. The normalized spacial score (nSPS) is 12.2. The Morgan fingerprint density at radius 2 is 1.97 bits per heavy atom. The molecule has 1 unspecified atom stereocenters. The Labute approximate surface area is 187 Å². The van der Waals surface area contributed by atoms with Gasteiger partial charge in [0.2, 0.25) is 5.91 Å². The zero-order valence-corrected chi connectivity index (χ0v) is 18.2. The van der Waals surface area contributed by atoms with Crippen molar-refractivity contribution < 1.29 is 32.6 Å². The molecule has 174 valence electrons. The first-order chi connectivity index (χ1) is 15.0. The molecule has 0 aliphatic carbocycles. The maximum atomic E-state index is 12.8. The number of aromatic nitrogens is 1. The summed E-state index contributed by atoms with van der Waals surface area (Å²) in [5.41, 5.74) is 0.0879. The number of amides is 1. The Morgan fingerprint density at radius 3 is 2.53 bits per heavy atom. The van der Waals surface area contributed by atoms with E-state index in [0.29, 0.717) is 36.2 Å². The van der Waals surface area contributed by atoms with Gasteiger partial charge in [-0.05, 0) is 31.0 Å². The first-order valence-electron chi connectivity index (χ1n) is 9.74. The van der Waals surface area contributed by atoms with Crippen molar-refractivity contribution in [3.63, 3.8) is 0 Å². The second-order valence-corrected chi connectivity index (χ2v) is 7.38. The van der Waals surface area contributed by atoms with Gasteiger partial charge in [0.05, 0.1) is 46.7 Å². The number of halogens is 4. The van der Waals surface area contributed by atoms with Crippen LogP contribution in [0.1, 0.15) is 37.9 Å². The van der Waals surface area contributed by atoms with Gasteiger partial charge in [-0.25, -0.2) is 0 Å². The van der Waals surface area contributed by atoms with Crippen molar-refractivity contribution in [2.45, 2.75) is 39.4 Å². The van der Waals surface area contributed by atoms with Gasteiger partial charge in [0.15, 0.2) is 0 Å². The van der Waals surface area contributed by atoms with Crippen LogP contribution in [0, 0.1) is 5.92 Å². The second-order valence-electron chi connectivity index (χ2n) is 6.97. The fraction of sp³-hybridized carbons (Fsp3) is 0.381. The molecule has 32 heavy (non-hydrogen) atoms. The zero-order valence-electron chi connectivity index (χ0n) is 17.4. The molecule has 2 aromatic rings. The van der Waals surface area contributed by atoms with Crippen molar-refractivity contribution in [2.75, 3.05) is 17.2 Å². The summed E-state index contributed by atoms with van der Waals surface area (Å²) < 4.78 is 44.0. The molecular formula is C21H23ClF3N3O4. The third kappa shape index (κ3) is 7.30. The third-order valence-corrected chi connectivity index (χ3v) is 4.90. The molecule has 1 heterocycles. The lowest BCUT2D eigenvalue weighted by Gasteiger charge is -2.16. The van der Waals surface area contributed by atoms with Gasteiger partial charge in [0.25, 0.3) is 0 Å². The molecule has 0 radical (unpaired) electrons. The van der Waals surface area contributed by atoms with E-state index in [0.717, 1.165) is 6.07 Å². The van der Waals surface area contributed by atoms with E-state index in [1.54, 1.807) is 25.1 Å². The highest BCUT2D eigenvalue weighted by atomic mass is 35.5. The van der Waals surface area contributed by atoms with Crippen LogP contribution >= 0.6 is 11.6 Å². The number of nitrogens with one attached hydrogen (secondary N) is 2. The van der Waals surface area contributed by atoms with E-state index in [1.165, 1.54) is 6.92 Å². The number of carbonyl (C=O) groups excluding carboxylic acids is 1. The van der Waals surface area contributed by atoms with Crippen LogP contribution in [-0.2, 0) is 22.3 Å². The number of anilines is 2. The molecule has 3 N–H and O–H groups in total. The molecular weight excluding hydrogens is 451 g/mol. The van der Waals surface area contributed by atoms with Gasteiger partial charge in [-0.1, -0.05) is 18.5 Å². The minimum absolute atomic E-state index is 0.00999. The number of rotatable bonds is 10. The van der Waals surface area contributed by atoms with Gasteiger partial charge in [-0.3, -0.25) is 14.6 Å². The smallest absolute Gasteiger partial charge is 0.417 e. The van der Waals surface area contributed by atoms with Crippen LogP contribution < -0.4 is 15.4 Å². The van der Waals surface area contributed by atoms with E-state index in [9.17, 15) is 22.8 Å². The lowest BCUT2D eigenvalue weighted by atomic mass is 10.0. The number of nitrogens with zero attached hydrogens (tertiary/aromatic N) is 1. The van der Waals surface area contributed by atoms with Gasteiger partial charge in [0.1, 0.15) is 5.75 Å². The molecule has 0 spiro atoms. The highest BCUT2D eigenvalue weighted by molar-refractivity contribution is 6.31. The minimum Gasteiger partial charge on any atom is -0.493 e. The van der Waals surface area contributed by atoms with Gasteiger partial charge >= 0.3 is 12.1 Å². The van der Waals surface area contributed by atoms with E-state index in [1.807, 2.05) is 0 Å². The number of carboxylic acid groups (broad SMARTS) is 1. The van der Waals surface area contributed by atoms with Crippen molar-refractivity contribution in [1.82, 2.24) is 4.98 Å². The fourth-order valence-electron chi connectivity index (χ4n) is 2.81. The Morgan fingerprint density at radius 1 is 1.25 bits per heavy atom. The number of carboxylic acids is 1. The SMILES string of the molecule is CCC(CCOc1ccc(NC(C)=O)c(NCc2ncc(C(F)(F)F)cc2Cl)c1)C(=O)O. The van der Waals surface area contributed by atoms with E-state index < -0.39 is 23.6 Å². The van der Waals surface area contributed by atoms with E-state index in [-0.39, 0.29) is 29.8 Å². The Balaban J connectivity index is 2.14. The van der Waals surface area contributed by atoms with Gasteiger partial charge in [0, 0.05) is 19.2 Å². The number of hydrogen-bond donors (Lipinski definition) is 3. The topological polar surface area (TPSA) is 101 Å². The van der Waals surface area contributed by atoms with Crippen LogP contribution in [0.25, 0.3) is 0 Å². The van der Waals surface area contributed by atoms with Crippen LogP contribution in [0.2, 0.25) is 5.02 Å². The maximum Gasteiger partial charge on any atom is 0.417 e. The number of ether oxygens (including phenoxy) is 1. The van der Waals surface area contributed by atoms with Gasteiger partial charge in [-0.15, -0.1) is 0 Å². The average Bonchev–Trinajstić information content (AvgIpc) is 2.70. The predicted octanol–water partition coefficient (Wildman–Crippen LogP) is 5.20. The highest BCUT2D eigenvalue weighted by Gasteiger charge is 2.31. The van der Waals surface area contributed by atoms with Crippen LogP contribution in [-0.4, -0.2) is 28.6 Å². The first-order valence-corrected chi connectivity index (χ1v) is 10.1. The van der Waals surface area contributed by atoms with Crippen molar-refractivity contribution in [1.29, 1.82) is 0 Å². The molecule has 1 atom stereocenters. The molecule has 0 bridgehead atoms. The van der Waals surface area contributed by atoms with Crippen molar-refractivity contribution >= 4 is 34.9 Å². The summed E-state index contributed by atoms with van der Waals surface area (Å²) in [4.78, 5) is 26.4. The lowest BCUT2D eigenvalue weighted by Crippen LogP contribution is -2.16. The highest BCUT2D eigenvalue weighted by Crippen LogP contribution is 2.32. The zero-order chi connectivity index (χ0) is 23.9. The minimum atomic E-state index is -4.55. The molecule has 0 saturated heterocycles. The summed E-state index contributed by atoms with van der Waals surface area (Å²) in [5, 5.41) is 14.6. The summed E-state index contributed by atoms with van der Waals surface area (Å²) in [6.45, 7) is 3.28. The standard InChI is InChI=1S/C21H23ClF3N3O4/c1-3-13(20(30)31)6-7-32-15-4-5-17(28-12(2)29)18(9-15)27-11-19-16(22)8-14(10-26-19)21(23,24)25/h4-5,8-10,13,27H,3,6-7,11H2,1-2H3,(H,28,29)(H,30,31). The summed E-state index contributed by atoms with van der Waals surface area (Å²) in [5.74, 6) is -1.30. The lowest BCUT2D eigenvalue weighted by molar-refractivity contribution is -0.142. The quantitative estimate of drug-likeness (QED) is 0.438. The van der Waals surface area contributed by atoms with E-state index >= 15 is 0 Å². The van der Waals surface area contributed by atoms with Crippen molar-refractivity contribution in [3.8, 4) is 5.75 Å². The molecule has 0 aliphatic heterocycles. The van der Waals surface area contributed by atoms with Crippen LogP contribution in [0.15, 0.2) is 30.5 Å². The van der Waals surface area contributed by atoms with E-state index in [2.05, 4.69) is 15.6 Å². The molecule has 11 heteroatoms.